The van der Waals surface area contributed by atoms with Gasteiger partial charge >= 0.3 is 0 Å². The molecule has 21 heavy (non-hydrogen) atoms. The maximum Gasteiger partial charge on any atom is 0.240 e. The van der Waals surface area contributed by atoms with E-state index in [0.29, 0.717) is 4.90 Å². The average molecular weight is 326 g/mol. The van der Waals surface area contributed by atoms with E-state index in [1.54, 1.807) is 23.9 Å². The van der Waals surface area contributed by atoms with Gasteiger partial charge in [-0.15, -0.1) is 0 Å². The van der Waals surface area contributed by atoms with Crippen molar-refractivity contribution in [2.75, 3.05) is 18.1 Å². The zero-order valence-electron chi connectivity index (χ0n) is 12.0. The summed E-state index contributed by atoms with van der Waals surface area (Å²) >= 11 is 1.80. The van der Waals surface area contributed by atoms with Crippen LogP contribution in [0.2, 0.25) is 0 Å². The van der Waals surface area contributed by atoms with Crippen molar-refractivity contribution >= 4 is 21.8 Å². The summed E-state index contributed by atoms with van der Waals surface area (Å²) in [5, 5.41) is 3.47. The summed E-state index contributed by atoms with van der Waals surface area (Å²) in [6.07, 6.45) is 4.46. The Kier molecular flexibility index (Phi) is 4.88. The molecular weight excluding hydrogens is 304 g/mol. The van der Waals surface area contributed by atoms with Gasteiger partial charge in [0, 0.05) is 17.8 Å². The van der Waals surface area contributed by atoms with Crippen molar-refractivity contribution in [3.63, 3.8) is 0 Å². The third-order valence-electron chi connectivity index (χ3n) is 3.91. The lowest BCUT2D eigenvalue weighted by Crippen LogP contribution is -2.34. The fraction of sp³-hybridized carbons (Fsp3) is 0.600. The number of rotatable bonds is 7. The molecule has 1 aromatic carbocycles. The van der Waals surface area contributed by atoms with E-state index in [-0.39, 0.29) is 6.04 Å². The number of sulfonamides is 1. The summed E-state index contributed by atoms with van der Waals surface area (Å²) in [6, 6.07) is 8.09. The van der Waals surface area contributed by atoms with Gasteiger partial charge in [0.15, 0.2) is 0 Å². The molecule has 2 aliphatic rings. The summed E-state index contributed by atoms with van der Waals surface area (Å²) in [7, 11) is -3.36. The first kappa shape index (κ1) is 15.3. The van der Waals surface area contributed by atoms with Crippen LogP contribution in [0.25, 0.3) is 0 Å². The quantitative estimate of drug-likeness (QED) is 0.802. The largest absolute Gasteiger partial charge is 0.314 e. The molecule has 2 N–H and O–H groups in total. The molecule has 6 heteroatoms. The van der Waals surface area contributed by atoms with E-state index in [1.165, 1.54) is 18.4 Å². The standard InChI is InChI=1S/C15H22N2O2S2/c18-21(19,17-14-8-10-20-11-14)15-5-1-12(2-6-15)7-9-16-13-3-4-13/h1-2,5-6,13-14,16-17H,3-4,7-11H2. The minimum absolute atomic E-state index is 0.0856. The van der Waals surface area contributed by atoms with Gasteiger partial charge in [0.25, 0.3) is 0 Å². The smallest absolute Gasteiger partial charge is 0.240 e. The van der Waals surface area contributed by atoms with Crippen molar-refractivity contribution < 1.29 is 8.42 Å². The topological polar surface area (TPSA) is 58.2 Å². The lowest BCUT2D eigenvalue weighted by molar-refractivity contribution is 0.563. The summed E-state index contributed by atoms with van der Waals surface area (Å²) < 4.78 is 27.4. The Morgan fingerprint density at radius 2 is 1.86 bits per heavy atom. The molecule has 1 atom stereocenters. The van der Waals surface area contributed by atoms with Crippen LogP contribution >= 0.6 is 11.8 Å². The first-order valence-electron chi connectivity index (χ1n) is 7.56. The van der Waals surface area contributed by atoms with E-state index < -0.39 is 10.0 Å². The Hall–Kier alpha value is -0.560. The number of thioether (sulfide) groups is 1. The van der Waals surface area contributed by atoms with Gasteiger partial charge in [0.2, 0.25) is 10.0 Å². The molecule has 1 unspecified atom stereocenters. The highest BCUT2D eigenvalue weighted by atomic mass is 32.2. The summed E-state index contributed by atoms with van der Waals surface area (Å²) in [5.41, 5.74) is 1.18. The molecule has 0 radical (unpaired) electrons. The van der Waals surface area contributed by atoms with Gasteiger partial charge in [-0.1, -0.05) is 12.1 Å². The van der Waals surface area contributed by atoms with E-state index in [9.17, 15) is 8.42 Å². The molecule has 0 spiro atoms. The van der Waals surface area contributed by atoms with Gasteiger partial charge in [-0.2, -0.15) is 11.8 Å². The Balaban J connectivity index is 1.56. The Morgan fingerprint density at radius 3 is 2.48 bits per heavy atom. The predicted octanol–water partition coefficient (Wildman–Crippen LogP) is 1.76. The summed E-state index contributed by atoms with van der Waals surface area (Å²) in [4.78, 5) is 0.373. The second kappa shape index (κ2) is 6.69. The molecular formula is C15H22N2O2S2. The van der Waals surface area contributed by atoms with Gasteiger partial charge in [0.05, 0.1) is 4.90 Å². The lowest BCUT2D eigenvalue weighted by atomic mass is 10.1. The fourth-order valence-corrected chi connectivity index (χ4v) is 4.99. The first-order chi connectivity index (χ1) is 10.1. The lowest BCUT2D eigenvalue weighted by Gasteiger charge is -2.12. The highest BCUT2D eigenvalue weighted by Crippen LogP contribution is 2.20. The third kappa shape index (κ3) is 4.45. The van der Waals surface area contributed by atoms with Crippen molar-refractivity contribution in [2.24, 2.45) is 0 Å². The second-order valence-electron chi connectivity index (χ2n) is 5.80. The predicted molar refractivity (Wildman–Crippen MR) is 87.2 cm³/mol. The van der Waals surface area contributed by atoms with Crippen molar-refractivity contribution in [1.29, 1.82) is 0 Å². The first-order valence-corrected chi connectivity index (χ1v) is 10.2. The Labute approximate surface area is 131 Å². The van der Waals surface area contributed by atoms with E-state index >= 15 is 0 Å². The molecule has 0 bridgehead atoms. The van der Waals surface area contributed by atoms with Crippen molar-refractivity contribution in [1.82, 2.24) is 10.0 Å². The number of hydrogen-bond donors (Lipinski definition) is 2. The zero-order valence-corrected chi connectivity index (χ0v) is 13.7. The molecule has 1 aliphatic carbocycles. The molecule has 0 aromatic heterocycles. The third-order valence-corrected chi connectivity index (χ3v) is 6.61. The number of benzene rings is 1. The molecule has 3 rings (SSSR count). The molecule has 116 valence electrons. The molecule has 1 saturated heterocycles. The van der Waals surface area contributed by atoms with Crippen LogP contribution in [0.3, 0.4) is 0 Å². The maximum atomic E-state index is 12.3. The molecule has 1 heterocycles. The Bertz CT molecular complexity index is 562. The van der Waals surface area contributed by atoms with Crippen LogP contribution in [0.15, 0.2) is 29.2 Å². The second-order valence-corrected chi connectivity index (χ2v) is 8.67. The molecule has 0 amide bonds. The molecule has 1 saturated carbocycles. The molecule has 4 nitrogen and oxygen atoms in total. The number of hydrogen-bond acceptors (Lipinski definition) is 4. The fourth-order valence-electron chi connectivity index (χ4n) is 2.46. The SMILES string of the molecule is O=S(=O)(NC1CCSC1)c1ccc(CCNC2CC2)cc1. The van der Waals surface area contributed by atoms with Crippen LogP contribution in [0.5, 0.6) is 0 Å². The monoisotopic (exact) mass is 326 g/mol. The average Bonchev–Trinajstić information content (AvgIpc) is 3.15. The number of nitrogens with one attached hydrogen (secondary N) is 2. The van der Waals surface area contributed by atoms with Gasteiger partial charge in [-0.3, -0.25) is 0 Å². The van der Waals surface area contributed by atoms with Crippen LogP contribution in [0.1, 0.15) is 24.8 Å². The summed E-state index contributed by atoms with van der Waals surface area (Å²) in [5.74, 6) is 1.92. The van der Waals surface area contributed by atoms with Crippen LogP contribution in [0, 0.1) is 0 Å². The molecule has 1 aliphatic heterocycles. The minimum atomic E-state index is -3.36. The highest BCUT2D eigenvalue weighted by molar-refractivity contribution is 7.99. The minimum Gasteiger partial charge on any atom is -0.314 e. The normalized spacial score (nSPS) is 22.6. The molecule has 2 fully saturated rings. The van der Waals surface area contributed by atoms with E-state index in [4.69, 9.17) is 0 Å². The van der Waals surface area contributed by atoms with Crippen molar-refractivity contribution in [3.05, 3.63) is 29.8 Å². The molecule has 1 aromatic rings. The highest BCUT2D eigenvalue weighted by Gasteiger charge is 2.23. The van der Waals surface area contributed by atoms with Crippen LogP contribution < -0.4 is 10.0 Å². The van der Waals surface area contributed by atoms with Gasteiger partial charge in [-0.25, -0.2) is 13.1 Å². The van der Waals surface area contributed by atoms with E-state index in [0.717, 1.165) is 36.9 Å². The zero-order chi connectivity index (χ0) is 14.7. The van der Waals surface area contributed by atoms with Crippen LogP contribution in [-0.2, 0) is 16.4 Å². The van der Waals surface area contributed by atoms with E-state index in [1.807, 2.05) is 12.1 Å². The van der Waals surface area contributed by atoms with Gasteiger partial charge in [0.1, 0.15) is 0 Å². The van der Waals surface area contributed by atoms with Crippen LogP contribution in [0.4, 0.5) is 0 Å². The van der Waals surface area contributed by atoms with Gasteiger partial charge in [-0.05, 0) is 55.7 Å². The Morgan fingerprint density at radius 1 is 1.10 bits per heavy atom. The van der Waals surface area contributed by atoms with Crippen molar-refractivity contribution in [2.45, 2.75) is 42.7 Å². The van der Waals surface area contributed by atoms with E-state index in [2.05, 4.69) is 10.0 Å². The van der Waals surface area contributed by atoms with Crippen LogP contribution in [-0.4, -0.2) is 38.6 Å². The van der Waals surface area contributed by atoms with Gasteiger partial charge < -0.3 is 5.32 Å². The van der Waals surface area contributed by atoms with Crippen molar-refractivity contribution in [3.8, 4) is 0 Å². The maximum absolute atomic E-state index is 12.3. The summed E-state index contributed by atoms with van der Waals surface area (Å²) in [6.45, 7) is 0.967.